The van der Waals surface area contributed by atoms with Gasteiger partial charge in [-0.3, -0.25) is 4.79 Å². The molecule has 0 aliphatic rings. The largest absolute Gasteiger partial charge is 0.508 e. The highest BCUT2D eigenvalue weighted by Gasteiger charge is 2.14. The van der Waals surface area contributed by atoms with Gasteiger partial charge >= 0.3 is 5.97 Å². The Balaban J connectivity index is 2.93. The minimum Gasteiger partial charge on any atom is -0.508 e. The molecule has 0 bridgehead atoms. The predicted molar refractivity (Wildman–Crippen MR) is 52.3 cm³/mol. The lowest BCUT2D eigenvalue weighted by Gasteiger charge is -2.11. The fraction of sp³-hybridized carbons (Fsp3) is 0.222. The van der Waals surface area contributed by atoms with Crippen molar-refractivity contribution < 1.29 is 15.0 Å². The minimum atomic E-state index is -1.02. The summed E-state index contributed by atoms with van der Waals surface area (Å²) in [5.74, 6) is -1.06. The molecule has 0 radical (unpaired) electrons. The van der Waals surface area contributed by atoms with E-state index >= 15 is 0 Å². The maximum absolute atomic E-state index is 10.4. The fourth-order valence-electron chi connectivity index (χ4n) is 1.12. The first kappa shape index (κ1) is 10.8. The quantitative estimate of drug-likeness (QED) is 0.714. The number of aromatic hydroxyl groups is 1. The van der Waals surface area contributed by atoms with E-state index in [2.05, 4.69) is 0 Å². The second-order valence-corrected chi connectivity index (χ2v) is 3.34. The Labute approximate surface area is 85.9 Å². The molecule has 1 aromatic carbocycles. The van der Waals surface area contributed by atoms with Crippen molar-refractivity contribution in [2.75, 3.05) is 0 Å². The molecule has 0 aromatic heterocycles. The zero-order valence-electron chi connectivity index (χ0n) is 7.27. The lowest BCUT2D eigenvalue weighted by molar-refractivity contribution is -0.137. The van der Waals surface area contributed by atoms with Crippen LogP contribution in [0.5, 0.6) is 5.75 Å². The van der Waals surface area contributed by atoms with E-state index in [0.717, 1.165) is 0 Å². The Hall–Kier alpha value is -1.26. The second kappa shape index (κ2) is 4.30. The van der Waals surface area contributed by atoms with Crippen molar-refractivity contribution in [3.05, 3.63) is 28.8 Å². The number of benzene rings is 1. The maximum atomic E-state index is 10.4. The van der Waals surface area contributed by atoms with Crippen molar-refractivity contribution >= 4 is 17.6 Å². The molecule has 0 spiro atoms. The molecular formula is C9H10ClNO3. The third-order valence-electron chi connectivity index (χ3n) is 1.78. The molecule has 0 saturated heterocycles. The summed E-state index contributed by atoms with van der Waals surface area (Å²) in [6.07, 6.45) is -0.242. The third-order valence-corrected chi connectivity index (χ3v) is 2.02. The van der Waals surface area contributed by atoms with Crippen molar-refractivity contribution in [2.24, 2.45) is 5.73 Å². The number of hydrogen-bond donors (Lipinski definition) is 3. The zero-order valence-corrected chi connectivity index (χ0v) is 8.03. The number of aliphatic carboxylic acids is 1. The van der Waals surface area contributed by atoms with Crippen molar-refractivity contribution in [1.29, 1.82) is 0 Å². The van der Waals surface area contributed by atoms with Gasteiger partial charge in [-0.15, -0.1) is 0 Å². The van der Waals surface area contributed by atoms with Gasteiger partial charge in [0, 0.05) is 16.6 Å². The van der Waals surface area contributed by atoms with Crippen LogP contribution in [0, 0.1) is 0 Å². The molecule has 0 aliphatic carbocycles. The van der Waals surface area contributed by atoms with Crippen LogP contribution in [0.2, 0.25) is 5.02 Å². The molecule has 0 heterocycles. The van der Waals surface area contributed by atoms with Crippen LogP contribution in [0.15, 0.2) is 18.2 Å². The lowest BCUT2D eigenvalue weighted by Crippen LogP contribution is -2.15. The van der Waals surface area contributed by atoms with E-state index in [4.69, 9.17) is 22.4 Å². The molecule has 1 aromatic rings. The van der Waals surface area contributed by atoms with E-state index in [9.17, 15) is 9.90 Å². The summed E-state index contributed by atoms with van der Waals surface area (Å²) in [7, 11) is 0. The highest BCUT2D eigenvalue weighted by atomic mass is 35.5. The summed E-state index contributed by atoms with van der Waals surface area (Å²) in [6.45, 7) is 0. The molecule has 0 fully saturated rings. The monoisotopic (exact) mass is 215 g/mol. The molecule has 1 rings (SSSR count). The van der Waals surface area contributed by atoms with Gasteiger partial charge in [-0.1, -0.05) is 11.6 Å². The van der Waals surface area contributed by atoms with Gasteiger partial charge in [0.1, 0.15) is 5.75 Å². The van der Waals surface area contributed by atoms with E-state index in [0.29, 0.717) is 10.6 Å². The van der Waals surface area contributed by atoms with Crippen LogP contribution in [0.4, 0.5) is 0 Å². The minimum absolute atomic E-state index is 0.0387. The topological polar surface area (TPSA) is 83.6 Å². The van der Waals surface area contributed by atoms with Crippen LogP contribution in [-0.4, -0.2) is 16.2 Å². The number of rotatable bonds is 3. The number of halogens is 1. The first-order valence-electron chi connectivity index (χ1n) is 3.96. The van der Waals surface area contributed by atoms with Gasteiger partial charge in [0.05, 0.1) is 6.42 Å². The van der Waals surface area contributed by atoms with E-state index in [1.54, 1.807) is 0 Å². The highest BCUT2D eigenvalue weighted by Crippen LogP contribution is 2.27. The predicted octanol–water partition coefficient (Wildman–Crippen LogP) is 1.52. The molecule has 76 valence electrons. The number of nitrogens with two attached hydrogens (primary N) is 1. The summed E-state index contributed by atoms with van der Waals surface area (Å²) in [4.78, 5) is 10.4. The van der Waals surface area contributed by atoms with Crippen LogP contribution in [0.3, 0.4) is 0 Å². The van der Waals surface area contributed by atoms with Gasteiger partial charge in [-0.05, 0) is 18.2 Å². The Morgan fingerprint density at radius 1 is 1.57 bits per heavy atom. The van der Waals surface area contributed by atoms with Crippen LogP contribution >= 0.6 is 11.6 Å². The van der Waals surface area contributed by atoms with E-state index in [1.165, 1.54) is 18.2 Å². The SMILES string of the molecule is NC(CC(=O)O)c1cc(Cl)ccc1O. The second-order valence-electron chi connectivity index (χ2n) is 2.91. The van der Waals surface area contributed by atoms with Gasteiger partial charge in [-0.2, -0.15) is 0 Å². The smallest absolute Gasteiger partial charge is 0.305 e. The molecule has 5 heteroatoms. The molecular weight excluding hydrogens is 206 g/mol. The van der Waals surface area contributed by atoms with Gasteiger partial charge in [0.25, 0.3) is 0 Å². The molecule has 14 heavy (non-hydrogen) atoms. The Bertz CT molecular complexity index is 354. The summed E-state index contributed by atoms with van der Waals surface area (Å²) in [6, 6.07) is 3.61. The van der Waals surface area contributed by atoms with Crippen LogP contribution < -0.4 is 5.73 Å². The number of carbonyl (C=O) groups is 1. The number of carboxylic acids is 1. The molecule has 0 aliphatic heterocycles. The normalized spacial score (nSPS) is 12.4. The standard InChI is InChI=1S/C9H10ClNO3/c10-5-1-2-8(12)6(3-5)7(11)4-9(13)14/h1-3,7,12H,4,11H2,(H,13,14). The van der Waals surface area contributed by atoms with Crippen molar-refractivity contribution in [1.82, 2.24) is 0 Å². The molecule has 4 nitrogen and oxygen atoms in total. The summed E-state index contributed by atoms with van der Waals surface area (Å²) in [5.41, 5.74) is 5.91. The summed E-state index contributed by atoms with van der Waals surface area (Å²) >= 11 is 5.68. The van der Waals surface area contributed by atoms with E-state index in [1.807, 2.05) is 0 Å². The summed E-state index contributed by atoms with van der Waals surface area (Å²) in [5, 5.41) is 18.3. The highest BCUT2D eigenvalue weighted by molar-refractivity contribution is 6.30. The first-order chi connectivity index (χ1) is 6.50. The third kappa shape index (κ3) is 2.61. The maximum Gasteiger partial charge on any atom is 0.305 e. The molecule has 0 saturated carbocycles. The average Bonchev–Trinajstić information content (AvgIpc) is 2.08. The zero-order chi connectivity index (χ0) is 10.7. The van der Waals surface area contributed by atoms with Gasteiger partial charge in [0.15, 0.2) is 0 Å². The molecule has 1 unspecified atom stereocenters. The lowest BCUT2D eigenvalue weighted by atomic mass is 10.0. The van der Waals surface area contributed by atoms with Crippen LogP contribution in [0.25, 0.3) is 0 Å². The number of phenolic OH excluding ortho intramolecular Hbond substituents is 1. The number of hydrogen-bond acceptors (Lipinski definition) is 3. The van der Waals surface area contributed by atoms with Gasteiger partial charge in [-0.25, -0.2) is 0 Å². The number of phenols is 1. The van der Waals surface area contributed by atoms with Crippen LogP contribution in [0.1, 0.15) is 18.0 Å². The Morgan fingerprint density at radius 3 is 2.79 bits per heavy atom. The van der Waals surface area contributed by atoms with Crippen LogP contribution in [-0.2, 0) is 4.79 Å². The Morgan fingerprint density at radius 2 is 2.21 bits per heavy atom. The molecule has 0 amide bonds. The first-order valence-corrected chi connectivity index (χ1v) is 4.34. The van der Waals surface area contributed by atoms with Gasteiger partial charge < -0.3 is 15.9 Å². The summed E-state index contributed by atoms with van der Waals surface area (Å²) < 4.78 is 0. The Kier molecular flexibility index (Phi) is 3.33. The number of carboxylic acid groups (broad SMARTS) is 1. The van der Waals surface area contributed by atoms with Crippen molar-refractivity contribution in [3.63, 3.8) is 0 Å². The molecule has 4 N–H and O–H groups in total. The average molecular weight is 216 g/mol. The van der Waals surface area contributed by atoms with E-state index < -0.39 is 12.0 Å². The van der Waals surface area contributed by atoms with Gasteiger partial charge in [0.2, 0.25) is 0 Å². The van der Waals surface area contributed by atoms with Crippen molar-refractivity contribution in [3.8, 4) is 5.75 Å². The molecule has 1 atom stereocenters. The van der Waals surface area contributed by atoms with E-state index in [-0.39, 0.29) is 12.2 Å². The van der Waals surface area contributed by atoms with Crippen molar-refractivity contribution in [2.45, 2.75) is 12.5 Å². The fourth-order valence-corrected chi connectivity index (χ4v) is 1.30.